The molecule has 2 aliphatic rings. The maximum absolute atomic E-state index is 5.29. The molecule has 0 spiro atoms. The first-order valence-electron chi connectivity index (χ1n) is 11.2. The van der Waals surface area contributed by atoms with Crippen molar-refractivity contribution in [2.24, 2.45) is 10.4 Å². The lowest BCUT2D eigenvalue weighted by atomic mass is 9.67. The zero-order valence-electron chi connectivity index (χ0n) is 18.3. The van der Waals surface area contributed by atoms with E-state index in [0.29, 0.717) is 5.41 Å². The number of ether oxygens (including phenoxy) is 1. The number of aliphatic imine (C=N–C) groups is 1. The molecule has 0 radical (unpaired) electrons. The van der Waals surface area contributed by atoms with Gasteiger partial charge >= 0.3 is 0 Å². The van der Waals surface area contributed by atoms with Crippen molar-refractivity contribution in [1.82, 2.24) is 15.5 Å². The quantitative estimate of drug-likeness (QED) is 0.359. The van der Waals surface area contributed by atoms with Crippen molar-refractivity contribution in [2.75, 3.05) is 71.5 Å². The van der Waals surface area contributed by atoms with Crippen LogP contribution in [0, 0.1) is 5.41 Å². The van der Waals surface area contributed by atoms with Crippen molar-refractivity contribution >= 4 is 11.6 Å². The van der Waals surface area contributed by atoms with Crippen LogP contribution in [0.15, 0.2) is 35.3 Å². The van der Waals surface area contributed by atoms with E-state index < -0.39 is 0 Å². The van der Waals surface area contributed by atoms with Crippen LogP contribution < -0.4 is 15.5 Å². The molecule has 1 aromatic carbocycles. The third-order valence-corrected chi connectivity index (χ3v) is 6.54. The second-order valence-corrected chi connectivity index (χ2v) is 8.47. The largest absolute Gasteiger partial charge is 0.385 e. The van der Waals surface area contributed by atoms with Crippen LogP contribution in [0.2, 0.25) is 0 Å². The van der Waals surface area contributed by atoms with Gasteiger partial charge in [-0.25, -0.2) is 0 Å². The summed E-state index contributed by atoms with van der Waals surface area (Å²) >= 11 is 0. The van der Waals surface area contributed by atoms with Gasteiger partial charge in [-0.2, -0.15) is 0 Å². The molecule has 1 aromatic rings. The lowest BCUT2D eigenvalue weighted by molar-refractivity contribution is 0.0732. The SMILES string of the molecule is CN=C(NCCCN1CCN(c2ccccc2)CC1)NCC1(CCOC)CCC1. The fourth-order valence-corrected chi connectivity index (χ4v) is 4.38. The second kappa shape index (κ2) is 11.4. The number of para-hydroxylation sites is 1. The minimum atomic E-state index is 0.409. The lowest BCUT2D eigenvalue weighted by Crippen LogP contribution is -2.48. The van der Waals surface area contributed by atoms with E-state index in [0.717, 1.165) is 71.2 Å². The third-order valence-electron chi connectivity index (χ3n) is 6.54. The number of anilines is 1. The number of nitrogens with one attached hydrogen (secondary N) is 2. The first-order valence-corrected chi connectivity index (χ1v) is 11.2. The number of methoxy groups -OCH3 is 1. The monoisotopic (exact) mass is 401 g/mol. The summed E-state index contributed by atoms with van der Waals surface area (Å²) in [4.78, 5) is 9.46. The second-order valence-electron chi connectivity index (χ2n) is 8.47. The molecule has 0 aromatic heterocycles. The highest BCUT2D eigenvalue weighted by atomic mass is 16.5. The fourth-order valence-electron chi connectivity index (χ4n) is 4.38. The van der Waals surface area contributed by atoms with E-state index in [4.69, 9.17) is 4.74 Å². The van der Waals surface area contributed by atoms with Crippen LogP contribution in [-0.2, 0) is 4.74 Å². The highest BCUT2D eigenvalue weighted by molar-refractivity contribution is 5.79. The number of piperazine rings is 1. The van der Waals surface area contributed by atoms with Crippen LogP contribution in [0.4, 0.5) is 5.69 Å². The van der Waals surface area contributed by atoms with Gasteiger partial charge in [-0.3, -0.25) is 9.89 Å². The molecule has 1 saturated heterocycles. The predicted octanol–water partition coefficient (Wildman–Crippen LogP) is 2.57. The Morgan fingerprint density at radius 3 is 2.48 bits per heavy atom. The normalized spacial score (nSPS) is 19.7. The molecule has 1 aliphatic carbocycles. The van der Waals surface area contributed by atoms with Gasteiger partial charge in [-0.1, -0.05) is 24.6 Å². The molecule has 6 heteroatoms. The molecule has 0 unspecified atom stereocenters. The smallest absolute Gasteiger partial charge is 0.190 e. The van der Waals surface area contributed by atoms with Gasteiger partial charge in [-0.05, 0) is 49.8 Å². The molecule has 1 heterocycles. The number of benzene rings is 1. The number of hydrogen-bond donors (Lipinski definition) is 2. The van der Waals surface area contributed by atoms with Gasteiger partial charge in [0.25, 0.3) is 0 Å². The third kappa shape index (κ3) is 6.61. The van der Waals surface area contributed by atoms with Gasteiger partial charge in [-0.15, -0.1) is 0 Å². The van der Waals surface area contributed by atoms with Gasteiger partial charge in [0.05, 0.1) is 0 Å². The summed E-state index contributed by atoms with van der Waals surface area (Å²) in [6.45, 7) is 8.47. The lowest BCUT2D eigenvalue weighted by Gasteiger charge is -2.42. The van der Waals surface area contributed by atoms with E-state index in [1.165, 1.54) is 24.9 Å². The van der Waals surface area contributed by atoms with E-state index in [9.17, 15) is 0 Å². The highest BCUT2D eigenvalue weighted by Crippen LogP contribution is 2.43. The Balaban J connectivity index is 1.29. The Labute approximate surface area is 176 Å². The molecular weight excluding hydrogens is 362 g/mol. The van der Waals surface area contributed by atoms with Crippen molar-refractivity contribution < 1.29 is 4.74 Å². The molecule has 1 aliphatic heterocycles. The van der Waals surface area contributed by atoms with Crippen LogP contribution >= 0.6 is 0 Å². The number of hydrogen-bond acceptors (Lipinski definition) is 4. The van der Waals surface area contributed by atoms with Crippen molar-refractivity contribution in [2.45, 2.75) is 32.1 Å². The molecule has 1 saturated carbocycles. The zero-order chi connectivity index (χ0) is 20.4. The zero-order valence-corrected chi connectivity index (χ0v) is 18.3. The Morgan fingerprint density at radius 2 is 1.86 bits per heavy atom. The summed E-state index contributed by atoms with van der Waals surface area (Å²) in [5, 5.41) is 7.04. The van der Waals surface area contributed by atoms with Crippen molar-refractivity contribution in [3.63, 3.8) is 0 Å². The predicted molar refractivity (Wildman–Crippen MR) is 122 cm³/mol. The highest BCUT2D eigenvalue weighted by Gasteiger charge is 2.36. The minimum absolute atomic E-state index is 0.409. The van der Waals surface area contributed by atoms with Gasteiger partial charge in [0.15, 0.2) is 5.96 Å². The molecule has 0 atom stereocenters. The summed E-state index contributed by atoms with van der Waals surface area (Å²) in [6.07, 6.45) is 6.23. The maximum Gasteiger partial charge on any atom is 0.190 e. The molecule has 29 heavy (non-hydrogen) atoms. The maximum atomic E-state index is 5.29. The van der Waals surface area contributed by atoms with E-state index >= 15 is 0 Å². The van der Waals surface area contributed by atoms with Gasteiger partial charge in [0, 0.05) is 65.7 Å². The Kier molecular flexibility index (Phi) is 8.62. The molecule has 2 N–H and O–H groups in total. The molecule has 2 fully saturated rings. The molecule has 0 amide bonds. The van der Waals surface area contributed by atoms with Crippen LogP contribution in [-0.4, -0.2) is 77.4 Å². The topological polar surface area (TPSA) is 52.1 Å². The summed E-state index contributed by atoms with van der Waals surface area (Å²) in [5.74, 6) is 0.933. The van der Waals surface area contributed by atoms with Gasteiger partial charge < -0.3 is 20.3 Å². The fraction of sp³-hybridized carbons (Fsp3) is 0.696. The average Bonchev–Trinajstić information content (AvgIpc) is 2.75. The molecule has 6 nitrogen and oxygen atoms in total. The van der Waals surface area contributed by atoms with Crippen molar-refractivity contribution in [3.05, 3.63) is 30.3 Å². The van der Waals surface area contributed by atoms with E-state index in [1.54, 1.807) is 7.11 Å². The number of nitrogens with zero attached hydrogens (tertiary/aromatic N) is 3. The molecule has 0 bridgehead atoms. The first kappa shape index (κ1) is 21.9. The Morgan fingerprint density at radius 1 is 1.10 bits per heavy atom. The standard InChI is InChI=1S/C23H39N5O/c1-24-22(26-20-23(10-6-11-23)12-19-29-2)25-13-7-14-27-15-17-28(18-16-27)21-8-4-3-5-9-21/h3-5,8-9H,6-7,10-20H2,1-2H3,(H2,24,25,26). The first-order chi connectivity index (χ1) is 14.2. The molecule has 162 valence electrons. The van der Waals surface area contributed by atoms with Crippen LogP contribution in [0.25, 0.3) is 0 Å². The van der Waals surface area contributed by atoms with E-state index in [-0.39, 0.29) is 0 Å². The summed E-state index contributed by atoms with van der Waals surface area (Å²) in [7, 11) is 3.66. The van der Waals surface area contributed by atoms with E-state index in [2.05, 4.69) is 55.8 Å². The van der Waals surface area contributed by atoms with Crippen LogP contribution in [0.1, 0.15) is 32.1 Å². The van der Waals surface area contributed by atoms with Crippen molar-refractivity contribution in [1.29, 1.82) is 0 Å². The average molecular weight is 402 g/mol. The Hall–Kier alpha value is -1.79. The van der Waals surface area contributed by atoms with Gasteiger partial charge in [0.2, 0.25) is 0 Å². The van der Waals surface area contributed by atoms with Crippen LogP contribution in [0.5, 0.6) is 0 Å². The number of rotatable bonds is 10. The van der Waals surface area contributed by atoms with E-state index in [1.807, 2.05) is 7.05 Å². The van der Waals surface area contributed by atoms with Crippen molar-refractivity contribution in [3.8, 4) is 0 Å². The minimum Gasteiger partial charge on any atom is -0.385 e. The summed E-state index contributed by atoms with van der Waals surface area (Å²) in [5.41, 5.74) is 1.75. The number of guanidine groups is 1. The molecule has 3 rings (SSSR count). The summed E-state index contributed by atoms with van der Waals surface area (Å²) in [6, 6.07) is 10.8. The Bertz CT molecular complexity index is 609. The van der Waals surface area contributed by atoms with Crippen LogP contribution in [0.3, 0.4) is 0 Å². The van der Waals surface area contributed by atoms with Gasteiger partial charge in [0.1, 0.15) is 0 Å². The molecular formula is C23H39N5O. The summed E-state index contributed by atoms with van der Waals surface area (Å²) < 4.78 is 5.29.